The molecule has 0 radical (unpaired) electrons. The summed E-state index contributed by atoms with van der Waals surface area (Å²) < 4.78 is 23.1. The fraction of sp³-hybridized carbons (Fsp3) is 0.368. The summed E-state index contributed by atoms with van der Waals surface area (Å²) in [7, 11) is -3.13. The number of rotatable bonds is 5. The topological polar surface area (TPSA) is 49.4 Å². The van der Waals surface area contributed by atoms with Crippen LogP contribution >= 0.6 is 0 Å². The van der Waals surface area contributed by atoms with Crippen molar-refractivity contribution >= 4 is 15.5 Å². The largest absolute Gasteiger partial charge is 0.370 e. The highest BCUT2D eigenvalue weighted by Gasteiger charge is 2.24. The Balaban J connectivity index is 1.60. The lowest BCUT2D eigenvalue weighted by Crippen LogP contribution is -2.34. The molecule has 2 aromatic carbocycles. The fourth-order valence-corrected chi connectivity index (χ4v) is 3.85. The normalized spacial score (nSPS) is 19.4. The Bertz CT molecular complexity index is 773. The van der Waals surface area contributed by atoms with Crippen LogP contribution < -0.4 is 10.2 Å². The van der Waals surface area contributed by atoms with E-state index in [1.807, 2.05) is 18.2 Å². The Morgan fingerprint density at radius 3 is 2.38 bits per heavy atom. The number of benzene rings is 2. The molecule has 1 aliphatic rings. The van der Waals surface area contributed by atoms with Gasteiger partial charge in [0.1, 0.15) is 0 Å². The van der Waals surface area contributed by atoms with E-state index >= 15 is 0 Å². The zero-order chi connectivity index (χ0) is 17.2. The minimum absolute atomic E-state index is 0.194. The third kappa shape index (κ3) is 3.97. The number of hydrogen-bond donors (Lipinski definition) is 1. The highest BCUT2D eigenvalue weighted by atomic mass is 32.2. The Hall–Kier alpha value is -1.85. The van der Waals surface area contributed by atoms with Crippen LogP contribution in [0.1, 0.15) is 24.9 Å². The van der Waals surface area contributed by atoms with Crippen LogP contribution in [0.4, 0.5) is 5.69 Å². The lowest BCUT2D eigenvalue weighted by atomic mass is 10.1. The maximum atomic E-state index is 11.5. The van der Waals surface area contributed by atoms with Crippen molar-refractivity contribution in [2.45, 2.75) is 30.3 Å². The molecule has 0 bridgehead atoms. The van der Waals surface area contributed by atoms with Crippen LogP contribution in [0, 0.1) is 0 Å². The quantitative estimate of drug-likeness (QED) is 0.906. The number of hydrogen-bond acceptors (Lipinski definition) is 4. The first-order valence-electron chi connectivity index (χ1n) is 8.29. The van der Waals surface area contributed by atoms with E-state index in [9.17, 15) is 8.42 Å². The minimum atomic E-state index is -3.13. The maximum absolute atomic E-state index is 11.5. The van der Waals surface area contributed by atoms with Crippen LogP contribution in [0.25, 0.3) is 0 Å². The van der Waals surface area contributed by atoms with E-state index in [0.29, 0.717) is 10.9 Å². The van der Waals surface area contributed by atoms with Crippen molar-refractivity contribution in [1.29, 1.82) is 0 Å². The van der Waals surface area contributed by atoms with Crippen molar-refractivity contribution in [2.75, 3.05) is 24.2 Å². The van der Waals surface area contributed by atoms with Gasteiger partial charge in [-0.05, 0) is 43.2 Å². The zero-order valence-corrected chi connectivity index (χ0v) is 15.0. The molecule has 0 aromatic heterocycles. The predicted octanol–water partition coefficient (Wildman–Crippen LogP) is 3.02. The summed E-state index contributed by atoms with van der Waals surface area (Å²) in [6.07, 6.45) is 2.35. The van der Waals surface area contributed by atoms with Gasteiger partial charge >= 0.3 is 0 Å². The van der Waals surface area contributed by atoms with E-state index in [4.69, 9.17) is 0 Å². The molecule has 3 rings (SSSR count). The molecule has 1 saturated heterocycles. The number of para-hydroxylation sites is 1. The van der Waals surface area contributed by atoms with E-state index in [0.717, 1.165) is 25.1 Å². The molecule has 1 N–H and O–H groups in total. The third-order valence-electron chi connectivity index (χ3n) is 4.60. The van der Waals surface area contributed by atoms with Crippen molar-refractivity contribution in [2.24, 2.45) is 0 Å². The molecule has 0 saturated carbocycles. The van der Waals surface area contributed by atoms with Gasteiger partial charge in [-0.15, -0.1) is 0 Å². The summed E-state index contributed by atoms with van der Waals surface area (Å²) in [4.78, 5) is 2.77. The molecule has 1 aliphatic heterocycles. The van der Waals surface area contributed by atoms with E-state index < -0.39 is 9.84 Å². The molecule has 5 heteroatoms. The molecule has 4 nitrogen and oxygen atoms in total. The lowest BCUT2D eigenvalue weighted by Gasteiger charge is -2.22. The SMILES string of the molecule is C[C@H](N[C@H]1CCN(c2ccccc2)C1)c1ccc(S(C)(=O)=O)cc1. The Morgan fingerprint density at radius 2 is 1.75 bits per heavy atom. The molecule has 0 spiro atoms. The molecule has 1 heterocycles. The first-order valence-corrected chi connectivity index (χ1v) is 10.2. The minimum Gasteiger partial charge on any atom is -0.370 e. The smallest absolute Gasteiger partial charge is 0.175 e. The van der Waals surface area contributed by atoms with Gasteiger partial charge in [-0.2, -0.15) is 0 Å². The molecular weight excluding hydrogens is 320 g/mol. The van der Waals surface area contributed by atoms with Crippen molar-refractivity contribution in [1.82, 2.24) is 5.32 Å². The molecule has 1 fully saturated rings. The van der Waals surface area contributed by atoms with Gasteiger partial charge in [-0.1, -0.05) is 30.3 Å². The van der Waals surface area contributed by atoms with Crippen LogP contribution in [-0.2, 0) is 9.84 Å². The van der Waals surface area contributed by atoms with Crippen LogP contribution in [0.5, 0.6) is 0 Å². The lowest BCUT2D eigenvalue weighted by molar-refractivity contribution is 0.481. The molecular formula is C19H24N2O2S. The van der Waals surface area contributed by atoms with Crippen molar-refractivity contribution in [3.05, 3.63) is 60.2 Å². The molecule has 2 atom stereocenters. The third-order valence-corrected chi connectivity index (χ3v) is 5.73. The number of nitrogens with zero attached hydrogens (tertiary/aromatic N) is 1. The number of sulfone groups is 1. The molecule has 0 amide bonds. The predicted molar refractivity (Wildman–Crippen MR) is 98.2 cm³/mol. The van der Waals surface area contributed by atoms with Crippen LogP contribution in [0.2, 0.25) is 0 Å². The summed E-state index contributed by atoms with van der Waals surface area (Å²) >= 11 is 0. The summed E-state index contributed by atoms with van der Waals surface area (Å²) in [5.74, 6) is 0. The highest BCUT2D eigenvalue weighted by Crippen LogP contribution is 2.22. The van der Waals surface area contributed by atoms with Gasteiger partial charge in [0, 0.05) is 37.1 Å². The number of nitrogens with one attached hydrogen (secondary N) is 1. The Morgan fingerprint density at radius 1 is 1.08 bits per heavy atom. The first-order chi connectivity index (χ1) is 11.4. The van der Waals surface area contributed by atoms with Gasteiger partial charge in [0.15, 0.2) is 9.84 Å². The van der Waals surface area contributed by atoms with Gasteiger partial charge in [0.2, 0.25) is 0 Å². The van der Waals surface area contributed by atoms with Gasteiger partial charge in [0.25, 0.3) is 0 Å². The van der Waals surface area contributed by atoms with E-state index in [2.05, 4.69) is 41.4 Å². The van der Waals surface area contributed by atoms with Crippen molar-refractivity contribution < 1.29 is 8.42 Å². The summed E-state index contributed by atoms with van der Waals surface area (Å²) in [5.41, 5.74) is 2.38. The van der Waals surface area contributed by atoms with Gasteiger partial charge < -0.3 is 10.2 Å². The van der Waals surface area contributed by atoms with Crippen LogP contribution in [0.15, 0.2) is 59.5 Å². The fourth-order valence-electron chi connectivity index (χ4n) is 3.22. The number of anilines is 1. The molecule has 0 unspecified atom stereocenters. The molecule has 24 heavy (non-hydrogen) atoms. The summed E-state index contributed by atoms with van der Waals surface area (Å²) in [5, 5.41) is 3.66. The average Bonchev–Trinajstić information content (AvgIpc) is 3.03. The monoisotopic (exact) mass is 344 g/mol. The molecule has 2 aromatic rings. The summed E-state index contributed by atoms with van der Waals surface area (Å²) in [6.45, 7) is 4.18. The molecule has 128 valence electrons. The Labute approximate surface area is 144 Å². The summed E-state index contributed by atoms with van der Waals surface area (Å²) in [6, 6.07) is 18.3. The first kappa shape index (κ1) is 17.0. The highest BCUT2D eigenvalue weighted by molar-refractivity contribution is 7.90. The standard InChI is InChI=1S/C19H24N2O2S/c1-15(16-8-10-19(11-9-16)24(2,22)23)20-17-12-13-21(14-17)18-6-4-3-5-7-18/h3-11,15,17,20H,12-14H2,1-2H3/t15-,17-/m0/s1. The van der Waals surface area contributed by atoms with Crippen LogP contribution in [0.3, 0.4) is 0 Å². The Kier molecular flexibility index (Phi) is 4.92. The van der Waals surface area contributed by atoms with E-state index in [-0.39, 0.29) is 6.04 Å². The maximum Gasteiger partial charge on any atom is 0.175 e. The molecule has 0 aliphatic carbocycles. The van der Waals surface area contributed by atoms with Crippen molar-refractivity contribution in [3.63, 3.8) is 0 Å². The van der Waals surface area contributed by atoms with Crippen LogP contribution in [-0.4, -0.2) is 33.8 Å². The van der Waals surface area contributed by atoms with E-state index in [1.165, 1.54) is 11.9 Å². The zero-order valence-electron chi connectivity index (χ0n) is 14.1. The van der Waals surface area contributed by atoms with Gasteiger partial charge in [-0.25, -0.2) is 8.42 Å². The second-order valence-corrected chi connectivity index (χ2v) is 8.51. The van der Waals surface area contributed by atoms with Gasteiger partial charge in [0.05, 0.1) is 4.90 Å². The van der Waals surface area contributed by atoms with E-state index in [1.54, 1.807) is 12.1 Å². The van der Waals surface area contributed by atoms with Gasteiger partial charge in [-0.3, -0.25) is 0 Å². The van der Waals surface area contributed by atoms with Crippen molar-refractivity contribution in [3.8, 4) is 0 Å². The second-order valence-electron chi connectivity index (χ2n) is 6.50. The average molecular weight is 344 g/mol. The second kappa shape index (κ2) is 6.95.